The van der Waals surface area contributed by atoms with E-state index in [2.05, 4.69) is 53.7 Å². The summed E-state index contributed by atoms with van der Waals surface area (Å²) in [5.74, 6) is 1.95. The van der Waals surface area contributed by atoms with Crippen LogP contribution in [0.4, 0.5) is 5.69 Å². The minimum atomic E-state index is -4.18. The summed E-state index contributed by atoms with van der Waals surface area (Å²) in [6.45, 7) is 13.6. The van der Waals surface area contributed by atoms with Crippen molar-refractivity contribution in [1.82, 2.24) is 0 Å². The third-order valence-corrected chi connectivity index (χ3v) is 19.3. The molecule has 0 bridgehead atoms. The molecule has 0 saturated heterocycles. The van der Waals surface area contributed by atoms with Crippen LogP contribution in [-0.2, 0) is 40.3 Å². The van der Waals surface area contributed by atoms with Crippen LogP contribution in [0.2, 0.25) is 0 Å². The molecular formula is C48H65NO5PPdS+. The molecule has 0 amide bonds. The van der Waals surface area contributed by atoms with Crippen molar-refractivity contribution in [2.75, 3.05) is 20.0 Å². The smallest absolute Gasteiger partial charge is 0.303 e. The predicted molar refractivity (Wildman–Crippen MR) is 238 cm³/mol. The second-order valence-electron chi connectivity index (χ2n) is 17.0. The monoisotopic (exact) mass is 904 g/mol. The zero-order valence-electron chi connectivity index (χ0n) is 35.4. The Labute approximate surface area is 358 Å². The number of hydrogen-bond donors (Lipinski definition) is 1. The summed E-state index contributed by atoms with van der Waals surface area (Å²) in [5, 5.41) is 0.948. The molecule has 0 spiro atoms. The van der Waals surface area contributed by atoms with Gasteiger partial charge in [-0.1, -0.05) is 109 Å². The topological polar surface area (TPSA) is 87.9 Å². The Bertz CT molecular complexity index is 2040. The average Bonchev–Trinajstić information content (AvgIpc) is 3.19. The predicted octanol–water partition coefficient (Wildman–Crippen LogP) is 12.8. The first-order valence-corrected chi connectivity index (χ1v) is 24.4. The van der Waals surface area contributed by atoms with E-state index >= 15 is 8.42 Å². The Morgan fingerprint density at radius 2 is 1.14 bits per heavy atom. The van der Waals surface area contributed by atoms with Gasteiger partial charge >= 0.3 is 10.1 Å². The maximum Gasteiger partial charge on any atom is 0.303 e. The number of ether oxygens (including phenoxy) is 2. The molecule has 312 valence electrons. The summed E-state index contributed by atoms with van der Waals surface area (Å²) in [4.78, 5) is 0. The van der Waals surface area contributed by atoms with Gasteiger partial charge in [-0.05, 0) is 121 Å². The third-order valence-electron chi connectivity index (χ3n) is 12.3. The standard InChI is InChI=1S/C48H65NO5PS.Pd/c1-32(2)36-29-41(33(3)4)46(42(30-36)34(5)6)47-44(52-7)27-28-45(53-8)48(47)55(37-20-11-9-12-21-37,38-22-13-10-14-23-38)54-56(50,51)31-35-19-15-16-24-39(35)40-25-17-18-26-43(40)49;/h15-19,24-30,32-34,37-38H,9-14,20-23,31,49H2,1-8H3;/q+1;. The van der Waals surface area contributed by atoms with Gasteiger partial charge < -0.3 is 15.2 Å². The quantitative estimate of drug-likeness (QED) is 0.0770. The Balaban J connectivity index is 0.00000620. The van der Waals surface area contributed by atoms with E-state index in [0.29, 0.717) is 22.9 Å². The second-order valence-corrected chi connectivity index (χ2v) is 22.4. The van der Waals surface area contributed by atoms with Crippen LogP contribution in [-0.4, -0.2) is 34.0 Å². The number of benzene rings is 4. The van der Waals surface area contributed by atoms with E-state index in [4.69, 9.17) is 19.2 Å². The molecule has 4 aromatic rings. The van der Waals surface area contributed by atoms with Gasteiger partial charge in [0.25, 0.3) is 0 Å². The molecule has 2 N–H and O–H groups in total. The first-order chi connectivity index (χ1) is 26.8. The van der Waals surface area contributed by atoms with Crippen LogP contribution < -0.4 is 20.5 Å². The van der Waals surface area contributed by atoms with Gasteiger partial charge in [-0.2, -0.15) is 8.42 Å². The fourth-order valence-electron chi connectivity index (χ4n) is 9.53. The maximum absolute atomic E-state index is 15.3. The van der Waals surface area contributed by atoms with E-state index in [1.165, 1.54) is 16.7 Å². The summed E-state index contributed by atoms with van der Waals surface area (Å²) in [6, 6.07) is 24.2. The fourth-order valence-corrected chi connectivity index (χ4v) is 17.8. The van der Waals surface area contributed by atoms with Gasteiger partial charge in [0, 0.05) is 31.7 Å². The number of rotatable bonds is 14. The van der Waals surface area contributed by atoms with Crippen molar-refractivity contribution in [3.05, 3.63) is 95.1 Å². The Morgan fingerprint density at radius 1 is 0.649 bits per heavy atom. The van der Waals surface area contributed by atoms with Crippen LogP contribution in [0.5, 0.6) is 11.5 Å². The van der Waals surface area contributed by atoms with Gasteiger partial charge in [-0.3, -0.25) is 0 Å². The Hall–Kier alpha value is -2.72. The van der Waals surface area contributed by atoms with E-state index in [9.17, 15) is 0 Å². The van der Waals surface area contributed by atoms with Crippen LogP contribution in [0.25, 0.3) is 22.3 Å². The summed E-state index contributed by atoms with van der Waals surface area (Å²) in [7, 11) is -3.81. The Kier molecular flexibility index (Phi) is 15.6. The van der Waals surface area contributed by atoms with E-state index in [0.717, 1.165) is 97.5 Å². The first kappa shape index (κ1) is 45.4. The molecule has 6 nitrogen and oxygen atoms in total. The SMILES string of the molecule is COc1ccc(OC)c([P+](OS(=O)(=O)Cc2ccccc2-c2ccccc2N)(C2CCCCC2)C2CCCCC2)c1-c1c(C(C)C)cc(C(C)C)cc1C(C)C.[Pd]. The van der Waals surface area contributed by atoms with E-state index in [-0.39, 0.29) is 49.3 Å². The molecule has 57 heavy (non-hydrogen) atoms. The van der Waals surface area contributed by atoms with E-state index in [1.54, 1.807) is 14.2 Å². The summed E-state index contributed by atoms with van der Waals surface area (Å²) in [6.07, 6.45) is 10.2. The molecule has 0 atom stereocenters. The molecule has 0 aromatic heterocycles. The second kappa shape index (κ2) is 19.6. The molecule has 2 saturated carbocycles. The number of nitrogens with two attached hydrogens (primary N) is 1. The zero-order chi connectivity index (χ0) is 40.2. The van der Waals surface area contributed by atoms with Crippen molar-refractivity contribution in [3.8, 4) is 33.8 Å². The minimum absolute atomic E-state index is 0. The molecular weight excluding hydrogens is 840 g/mol. The van der Waals surface area contributed by atoms with Crippen molar-refractivity contribution in [3.63, 3.8) is 0 Å². The van der Waals surface area contributed by atoms with Crippen LogP contribution in [0, 0.1) is 0 Å². The summed E-state index contributed by atoms with van der Waals surface area (Å²) in [5.41, 5.74) is 15.4. The average molecular weight is 906 g/mol. The molecule has 0 aliphatic heterocycles. The molecule has 2 aliphatic rings. The number of anilines is 1. The number of methoxy groups -OCH3 is 2. The first-order valence-electron chi connectivity index (χ1n) is 21.0. The van der Waals surface area contributed by atoms with Gasteiger partial charge in [0.05, 0.1) is 19.8 Å². The molecule has 4 aromatic carbocycles. The number of nitrogen functional groups attached to an aromatic ring is 1. The van der Waals surface area contributed by atoms with Crippen molar-refractivity contribution < 1.29 is 42.3 Å². The van der Waals surface area contributed by atoms with Crippen LogP contribution >= 0.6 is 7.49 Å². The Morgan fingerprint density at radius 3 is 1.63 bits per heavy atom. The van der Waals surface area contributed by atoms with Crippen LogP contribution in [0.1, 0.15) is 146 Å². The molecule has 0 heterocycles. The largest absolute Gasteiger partial charge is 0.496 e. The molecule has 9 heteroatoms. The van der Waals surface area contributed by atoms with Gasteiger partial charge in [0.2, 0.25) is 7.49 Å². The molecule has 2 aliphatic carbocycles. The van der Waals surface area contributed by atoms with E-state index in [1.807, 2.05) is 60.7 Å². The summed E-state index contributed by atoms with van der Waals surface area (Å²) >= 11 is 0. The van der Waals surface area contributed by atoms with Gasteiger partial charge in [0.1, 0.15) is 22.8 Å². The van der Waals surface area contributed by atoms with Crippen molar-refractivity contribution in [1.29, 1.82) is 0 Å². The van der Waals surface area contributed by atoms with Crippen LogP contribution in [0.3, 0.4) is 0 Å². The molecule has 0 radical (unpaired) electrons. The normalized spacial score (nSPS) is 15.9. The van der Waals surface area contributed by atoms with Crippen molar-refractivity contribution in [2.45, 2.75) is 141 Å². The van der Waals surface area contributed by atoms with Crippen molar-refractivity contribution in [2.24, 2.45) is 0 Å². The van der Waals surface area contributed by atoms with Gasteiger partial charge in [-0.25, -0.2) is 0 Å². The van der Waals surface area contributed by atoms with Crippen molar-refractivity contribution >= 4 is 28.6 Å². The van der Waals surface area contributed by atoms with E-state index < -0.39 is 17.6 Å². The fraction of sp³-hybridized carbons (Fsp3) is 0.500. The minimum Gasteiger partial charge on any atom is -0.496 e. The van der Waals surface area contributed by atoms with Gasteiger partial charge in [-0.15, -0.1) is 3.97 Å². The van der Waals surface area contributed by atoms with Crippen LogP contribution in [0.15, 0.2) is 72.8 Å². The third kappa shape index (κ3) is 9.53. The number of para-hydroxylation sites is 1. The molecule has 6 rings (SSSR count). The zero-order valence-corrected chi connectivity index (χ0v) is 38.6. The van der Waals surface area contributed by atoms with Gasteiger partial charge in [0.15, 0.2) is 11.1 Å². The summed E-state index contributed by atoms with van der Waals surface area (Å²) < 4.78 is 50.9. The molecule has 2 fully saturated rings. The number of hydrogen-bond acceptors (Lipinski definition) is 6. The maximum atomic E-state index is 15.3. The molecule has 0 unspecified atom stereocenters.